The predicted molar refractivity (Wildman–Crippen MR) is 87.5 cm³/mol. The largest absolute Gasteiger partial charge is 0.488 e. The van der Waals surface area contributed by atoms with Gasteiger partial charge in [0.2, 0.25) is 5.91 Å². The van der Waals surface area contributed by atoms with E-state index in [-0.39, 0.29) is 19.2 Å². The minimum absolute atomic E-state index is 0.169. The maximum absolute atomic E-state index is 11.1. The Morgan fingerprint density at radius 2 is 1.70 bits per heavy atom. The molecular formula is C17H16ClNO4. The Bertz CT molecular complexity index is 713. The number of carbonyl (C=O) groups is 2. The highest BCUT2D eigenvalue weighted by molar-refractivity contribution is 6.32. The molecule has 2 N–H and O–H groups in total. The van der Waals surface area contributed by atoms with Crippen molar-refractivity contribution in [2.24, 2.45) is 5.73 Å². The number of amides is 1. The molecule has 0 aliphatic carbocycles. The molecule has 0 heterocycles. The normalized spacial score (nSPS) is 10.2. The first kappa shape index (κ1) is 16.8. The van der Waals surface area contributed by atoms with Gasteiger partial charge in [0.05, 0.1) is 5.02 Å². The summed E-state index contributed by atoms with van der Waals surface area (Å²) in [5, 5.41) is 0.448. The first-order valence-corrected chi connectivity index (χ1v) is 7.31. The second-order valence-electron chi connectivity index (χ2n) is 4.78. The predicted octanol–water partition coefficient (Wildman–Crippen LogP) is 3.05. The number of esters is 1. The van der Waals surface area contributed by atoms with Crippen LogP contribution in [0.2, 0.25) is 5.02 Å². The topological polar surface area (TPSA) is 78.6 Å². The van der Waals surface area contributed by atoms with Crippen LogP contribution < -0.4 is 10.5 Å². The summed E-state index contributed by atoms with van der Waals surface area (Å²) in [5.41, 5.74) is 7.46. The van der Waals surface area contributed by atoms with Crippen molar-refractivity contribution in [3.8, 4) is 16.9 Å². The Balaban J connectivity index is 2.06. The van der Waals surface area contributed by atoms with Gasteiger partial charge in [-0.2, -0.15) is 0 Å². The molecule has 0 saturated heterocycles. The zero-order chi connectivity index (χ0) is 16.8. The van der Waals surface area contributed by atoms with E-state index >= 15 is 0 Å². The van der Waals surface area contributed by atoms with Gasteiger partial charge in [-0.3, -0.25) is 9.59 Å². The van der Waals surface area contributed by atoms with Gasteiger partial charge in [-0.25, -0.2) is 0 Å². The fourth-order valence-corrected chi connectivity index (χ4v) is 2.20. The van der Waals surface area contributed by atoms with E-state index in [9.17, 15) is 9.59 Å². The maximum Gasteiger partial charge on any atom is 0.302 e. The smallest absolute Gasteiger partial charge is 0.302 e. The summed E-state index contributed by atoms with van der Waals surface area (Å²) < 4.78 is 10.2. The molecule has 0 saturated carbocycles. The van der Waals surface area contributed by atoms with E-state index in [1.165, 1.54) is 6.92 Å². The van der Waals surface area contributed by atoms with Crippen LogP contribution in [0.4, 0.5) is 0 Å². The van der Waals surface area contributed by atoms with Crippen LogP contribution in [-0.4, -0.2) is 25.1 Å². The summed E-state index contributed by atoms with van der Waals surface area (Å²) in [4.78, 5) is 21.7. The van der Waals surface area contributed by atoms with Crippen LogP contribution in [0.25, 0.3) is 11.1 Å². The lowest BCUT2D eigenvalue weighted by atomic mass is 10.0. The molecule has 2 rings (SSSR count). The average molecular weight is 334 g/mol. The molecule has 0 radical (unpaired) electrons. The Labute approximate surface area is 139 Å². The van der Waals surface area contributed by atoms with Crippen molar-refractivity contribution >= 4 is 23.5 Å². The van der Waals surface area contributed by atoms with E-state index in [0.717, 1.165) is 11.1 Å². The molecule has 0 unspecified atom stereocenters. The number of hydrogen-bond acceptors (Lipinski definition) is 4. The van der Waals surface area contributed by atoms with Crippen LogP contribution in [0.3, 0.4) is 0 Å². The van der Waals surface area contributed by atoms with Crippen molar-refractivity contribution in [3.05, 3.63) is 53.1 Å². The highest BCUT2D eigenvalue weighted by Crippen LogP contribution is 2.30. The molecule has 2 aromatic carbocycles. The number of nitrogens with two attached hydrogens (primary N) is 1. The molecule has 120 valence electrons. The number of primary amides is 1. The summed E-state index contributed by atoms with van der Waals surface area (Å²) in [6.07, 6.45) is 0. The first-order chi connectivity index (χ1) is 11.0. The number of carbonyl (C=O) groups excluding carboxylic acids is 2. The first-order valence-electron chi connectivity index (χ1n) is 6.93. The molecule has 0 atom stereocenters. The molecule has 5 nitrogen and oxygen atoms in total. The van der Waals surface area contributed by atoms with Crippen molar-refractivity contribution in [2.75, 3.05) is 13.2 Å². The number of ether oxygens (including phenoxy) is 2. The summed E-state index contributed by atoms with van der Waals surface area (Å²) in [5.74, 6) is -0.308. The van der Waals surface area contributed by atoms with Gasteiger partial charge in [0.25, 0.3) is 0 Å². The van der Waals surface area contributed by atoms with Crippen molar-refractivity contribution in [3.63, 3.8) is 0 Å². The lowest BCUT2D eigenvalue weighted by Gasteiger charge is -2.10. The van der Waals surface area contributed by atoms with Gasteiger partial charge < -0.3 is 15.2 Å². The quantitative estimate of drug-likeness (QED) is 0.651. The molecule has 0 bridgehead atoms. The Hall–Kier alpha value is -2.53. The van der Waals surface area contributed by atoms with Crippen LogP contribution in [0.5, 0.6) is 5.75 Å². The highest BCUT2D eigenvalue weighted by Gasteiger charge is 2.06. The van der Waals surface area contributed by atoms with Gasteiger partial charge in [0.1, 0.15) is 19.0 Å². The van der Waals surface area contributed by atoms with Gasteiger partial charge in [-0.1, -0.05) is 29.8 Å². The van der Waals surface area contributed by atoms with Crippen LogP contribution in [-0.2, 0) is 9.53 Å². The highest BCUT2D eigenvalue weighted by atomic mass is 35.5. The van der Waals surface area contributed by atoms with Crippen molar-refractivity contribution in [1.29, 1.82) is 0 Å². The van der Waals surface area contributed by atoms with Gasteiger partial charge in [0, 0.05) is 12.5 Å². The van der Waals surface area contributed by atoms with E-state index in [1.54, 1.807) is 36.4 Å². The molecule has 0 aliphatic heterocycles. The number of hydrogen-bond donors (Lipinski definition) is 1. The SMILES string of the molecule is CC(=O)OCCOc1ccc(-c2ccc(C(N)=O)cc2)cc1Cl. The number of rotatable bonds is 6. The van der Waals surface area contributed by atoms with Gasteiger partial charge in [-0.05, 0) is 35.4 Å². The van der Waals surface area contributed by atoms with E-state index in [2.05, 4.69) is 0 Å². The Morgan fingerprint density at radius 1 is 1.04 bits per heavy atom. The number of halogens is 1. The molecule has 2 aromatic rings. The molecule has 0 fully saturated rings. The standard InChI is InChI=1S/C17H16ClNO4/c1-11(20)22-8-9-23-16-7-6-14(10-15(16)18)12-2-4-13(5-3-12)17(19)21/h2-7,10H,8-9H2,1H3,(H2,19,21). The summed E-state index contributed by atoms with van der Waals surface area (Å²) in [6, 6.07) is 12.3. The van der Waals surface area contributed by atoms with Crippen LogP contribution in [0.15, 0.2) is 42.5 Å². The second-order valence-corrected chi connectivity index (χ2v) is 5.18. The van der Waals surface area contributed by atoms with E-state index in [1.807, 2.05) is 6.07 Å². The van der Waals surface area contributed by atoms with Crippen LogP contribution in [0, 0.1) is 0 Å². The molecule has 23 heavy (non-hydrogen) atoms. The Morgan fingerprint density at radius 3 is 2.26 bits per heavy atom. The van der Waals surface area contributed by atoms with Crippen molar-refractivity contribution < 1.29 is 19.1 Å². The fourth-order valence-electron chi connectivity index (χ4n) is 1.96. The molecule has 0 aromatic heterocycles. The van der Waals surface area contributed by atoms with E-state index in [4.69, 9.17) is 26.8 Å². The van der Waals surface area contributed by atoms with Crippen molar-refractivity contribution in [2.45, 2.75) is 6.92 Å². The summed E-state index contributed by atoms with van der Waals surface area (Å²) >= 11 is 6.20. The third-order valence-corrected chi connectivity index (χ3v) is 3.38. The zero-order valence-corrected chi connectivity index (χ0v) is 13.3. The maximum atomic E-state index is 11.1. The minimum Gasteiger partial charge on any atom is -0.488 e. The summed E-state index contributed by atoms with van der Waals surface area (Å²) in [7, 11) is 0. The van der Waals surface area contributed by atoms with Gasteiger partial charge >= 0.3 is 5.97 Å². The minimum atomic E-state index is -0.467. The zero-order valence-electron chi connectivity index (χ0n) is 12.5. The molecule has 0 spiro atoms. The van der Waals surface area contributed by atoms with E-state index in [0.29, 0.717) is 16.3 Å². The lowest BCUT2D eigenvalue weighted by Crippen LogP contribution is -2.10. The molecule has 6 heteroatoms. The van der Waals surface area contributed by atoms with Crippen LogP contribution >= 0.6 is 11.6 Å². The van der Waals surface area contributed by atoms with E-state index < -0.39 is 5.91 Å². The summed E-state index contributed by atoms with van der Waals surface area (Å²) in [6.45, 7) is 1.74. The van der Waals surface area contributed by atoms with Gasteiger partial charge in [-0.15, -0.1) is 0 Å². The Kier molecular flexibility index (Phi) is 5.60. The number of benzene rings is 2. The average Bonchev–Trinajstić information content (AvgIpc) is 2.52. The molecular weight excluding hydrogens is 318 g/mol. The third-order valence-electron chi connectivity index (χ3n) is 3.08. The second kappa shape index (κ2) is 7.65. The van der Waals surface area contributed by atoms with Gasteiger partial charge in [0.15, 0.2) is 0 Å². The van der Waals surface area contributed by atoms with Crippen molar-refractivity contribution in [1.82, 2.24) is 0 Å². The lowest BCUT2D eigenvalue weighted by molar-refractivity contribution is -0.141. The molecule has 1 amide bonds. The molecule has 0 aliphatic rings. The third kappa shape index (κ3) is 4.72. The fraction of sp³-hybridized carbons (Fsp3) is 0.176. The monoisotopic (exact) mass is 333 g/mol. The van der Waals surface area contributed by atoms with Crippen LogP contribution in [0.1, 0.15) is 17.3 Å².